The minimum atomic E-state index is -5.00. The molecule has 33 heavy (non-hydrogen) atoms. The number of carbonyl (C=O) groups excluding carboxylic acids is 2. The van der Waals surface area contributed by atoms with Crippen LogP contribution in [0.3, 0.4) is 0 Å². The Kier molecular flexibility index (Phi) is 7.94. The van der Waals surface area contributed by atoms with Gasteiger partial charge in [-0.3, -0.25) is 9.59 Å². The fourth-order valence-electron chi connectivity index (χ4n) is 4.88. The third-order valence-corrected chi connectivity index (χ3v) is 7.39. The maximum atomic E-state index is 13.4. The standard InChI is InChI=1S/C23H31ClF3N3O3/c1-15(2)22(33,23(25,26)27)21(32)30-11-7-17(8-12-30)13-16-5-9-29(10-6-16)19-4-3-18(14-31)20(24)28-19/h3-4,14-17,33H,5-13H2,1-2H3. The molecule has 1 atom stereocenters. The third-order valence-electron chi connectivity index (χ3n) is 7.09. The fraction of sp³-hybridized carbons (Fsp3) is 0.696. The van der Waals surface area contributed by atoms with Crippen LogP contribution in [0.15, 0.2) is 12.1 Å². The summed E-state index contributed by atoms with van der Waals surface area (Å²) in [5.74, 6) is -0.891. The summed E-state index contributed by atoms with van der Waals surface area (Å²) in [4.78, 5) is 31.1. The molecule has 0 spiro atoms. The number of rotatable bonds is 6. The van der Waals surface area contributed by atoms with E-state index >= 15 is 0 Å². The van der Waals surface area contributed by atoms with Gasteiger partial charge in [-0.15, -0.1) is 0 Å². The molecule has 184 valence electrons. The van der Waals surface area contributed by atoms with E-state index in [1.165, 1.54) is 18.7 Å². The SMILES string of the molecule is CC(C)C(O)(C(=O)N1CCC(CC2CCN(c3ccc(C=O)c(Cl)n3)CC2)CC1)C(F)(F)F. The molecule has 0 bridgehead atoms. The first kappa shape index (κ1) is 25.7. The van der Waals surface area contributed by atoms with Crippen LogP contribution in [-0.4, -0.2) is 65.1 Å². The van der Waals surface area contributed by atoms with Gasteiger partial charge in [0.25, 0.3) is 5.91 Å². The van der Waals surface area contributed by atoms with Crippen molar-refractivity contribution in [2.24, 2.45) is 17.8 Å². The molecule has 10 heteroatoms. The van der Waals surface area contributed by atoms with E-state index in [0.717, 1.165) is 38.2 Å². The summed E-state index contributed by atoms with van der Waals surface area (Å²) < 4.78 is 40.3. The minimum absolute atomic E-state index is 0.195. The number of pyridine rings is 1. The van der Waals surface area contributed by atoms with Gasteiger partial charge in [0.15, 0.2) is 6.29 Å². The zero-order chi connectivity index (χ0) is 24.4. The lowest BCUT2D eigenvalue weighted by molar-refractivity contribution is -0.269. The molecule has 0 aromatic carbocycles. The Bertz CT molecular complexity index is 851. The van der Waals surface area contributed by atoms with Crippen LogP contribution in [0.1, 0.15) is 56.3 Å². The second kappa shape index (κ2) is 10.2. The first-order valence-corrected chi connectivity index (χ1v) is 11.8. The molecule has 2 fully saturated rings. The number of carbonyl (C=O) groups is 2. The third kappa shape index (κ3) is 5.45. The van der Waals surface area contributed by atoms with E-state index in [-0.39, 0.29) is 18.2 Å². The average molecular weight is 490 g/mol. The maximum Gasteiger partial charge on any atom is 0.426 e. The van der Waals surface area contributed by atoms with Crippen LogP contribution in [0.5, 0.6) is 0 Å². The Hall–Kier alpha value is -1.87. The number of piperidine rings is 2. The second-order valence-corrected chi connectivity index (χ2v) is 9.85. The van der Waals surface area contributed by atoms with Crippen LogP contribution >= 0.6 is 11.6 Å². The van der Waals surface area contributed by atoms with Crippen molar-refractivity contribution in [1.82, 2.24) is 9.88 Å². The minimum Gasteiger partial charge on any atom is -0.372 e. The molecule has 1 aromatic heterocycles. The highest BCUT2D eigenvalue weighted by Crippen LogP contribution is 2.39. The molecule has 3 heterocycles. The number of halogens is 4. The van der Waals surface area contributed by atoms with Crippen molar-refractivity contribution in [2.75, 3.05) is 31.1 Å². The summed E-state index contributed by atoms with van der Waals surface area (Å²) in [5.41, 5.74) is -2.98. The normalized spacial score (nSPS) is 20.7. The number of likely N-dealkylation sites (tertiary alicyclic amines) is 1. The highest BCUT2D eigenvalue weighted by molar-refractivity contribution is 6.31. The summed E-state index contributed by atoms with van der Waals surface area (Å²) in [6.45, 7) is 4.53. The molecule has 2 aliphatic heterocycles. The summed E-state index contributed by atoms with van der Waals surface area (Å²) in [7, 11) is 0. The topological polar surface area (TPSA) is 73.7 Å². The molecule has 1 unspecified atom stereocenters. The smallest absolute Gasteiger partial charge is 0.372 e. The molecule has 1 aromatic rings. The van der Waals surface area contributed by atoms with Gasteiger partial charge in [0.2, 0.25) is 5.60 Å². The fourth-order valence-corrected chi connectivity index (χ4v) is 5.07. The summed E-state index contributed by atoms with van der Waals surface area (Å²) in [6.07, 6.45) is -0.136. The van der Waals surface area contributed by atoms with Crippen molar-refractivity contribution in [2.45, 2.75) is 57.7 Å². The Morgan fingerprint density at radius 1 is 1.15 bits per heavy atom. The summed E-state index contributed by atoms with van der Waals surface area (Å²) in [5, 5.41) is 10.4. The van der Waals surface area contributed by atoms with E-state index in [1.54, 1.807) is 12.1 Å². The molecule has 1 amide bonds. The van der Waals surface area contributed by atoms with Crippen molar-refractivity contribution in [1.29, 1.82) is 0 Å². The molecule has 2 aliphatic rings. The van der Waals surface area contributed by atoms with Gasteiger partial charge in [0, 0.05) is 32.1 Å². The second-order valence-electron chi connectivity index (χ2n) is 9.49. The number of aliphatic hydroxyl groups is 1. The van der Waals surface area contributed by atoms with Gasteiger partial charge in [-0.1, -0.05) is 25.4 Å². The molecule has 3 rings (SSSR count). The van der Waals surface area contributed by atoms with E-state index in [9.17, 15) is 27.9 Å². The van der Waals surface area contributed by atoms with E-state index < -0.39 is 23.6 Å². The number of hydrogen-bond acceptors (Lipinski definition) is 5. The van der Waals surface area contributed by atoms with Crippen molar-refractivity contribution < 1.29 is 27.9 Å². The lowest BCUT2D eigenvalue weighted by Crippen LogP contribution is -2.62. The molecule has 0 radical (unpaired) electrons. The maximum absolute atomic E-state index is 13.4. The highest BCUT2D eigenvalue weighted by atomic mass is 35.5. The van der Waals surface area contributed by atoms with Crippen LogP contribution in [0.25, 0.3) is 0 Å². The predicted octanol–water partition coefficient (Wildman–Crippen LogP) is 4.34. The van der Waals surface area contributed by atoms with Gasteiger partial charge in [0.05, 0.1) is 5.56 Å². The van der Waals surface area contributed by atoms with Crippen LogP contribution in [0.4, 0.5) is 19.0 Å². The molecular weight excluding hydrogens is 459 g/mol. The Morgan fingerprint density at radius 3 is 2.15 bits per heavy atom. The number of alkyl halides is 3. The number of aldehydes is 1. The zero-order valence-electron chi connectivity index (χ0n) is 18.9. The van der Waals surface area contributed by atoms with Gasteiger partial charge in [0.1, 0.15) is 11.0 Å². The van der Waals surface area contributed by atoms with E-state index in [2.05, 4.69) is 9.88 Å². The van der Waals surface area contributed by atoms with E-state index in [1.807, 2.05) is 0 Å². The van der Waals surface area contributed by atoms with Gasteiger partial charge < -0.3 is 14.9 Å². The van der Waals surface area contributed by atoms with Gasteiger partial charge in [-0.05, 0) is 56.1 Å². The largest absolute Gasteiger partial charge is 0.426 e. The number of hydrogen-bond donors (Lipinski definition) is 1. The van der Waals surface area contributed by atoms with Crippen molar-refractivity contribution in [3.05, 3.63) is 22.8 Å². The molecule has 6 nitrogen and oxygen atoms in total. The Labute approximate surface area is 197 Å². The zero-order valence-corrected chi connectivity index (χ0v) is 19.7. The first-order chi connectivity index (χ1) is 15.5. The summed E-state index contributed by atoms with van der Waals surface area (Å²) in [6, 6.07) is 3.46. The quantitative estimate of drug-likeness (QED) is 0.475. The van der Waals surface area contributed by atoms with Crippen molar-refractivity contribution >= 4 is 29.6 Å². The number of nitrogens with zero attached hydrogens (tertiary/aromatic N) is 3. The molecule has 1 N–H and O–H groups in total. The summed E-state index contributed by atoms with van der Waals surface area (Å²) >= 11 is 6.04. The van der Waals surface area contributed by atoms with Crippen LogP contribution in [-0.2, 0) is 4.79 Å². The van der Waals surface area contributed by atoms with Crippen molar-refractivity contribution in [3.63, 3.8) is 0 Å². The molecule has 0 aliphatic carbocycles. The lowest BCUT2D eigenvalue weighted by atomic mass is 9.82. The van der Waals surface area contributed by atoms with Gasteiger partial charge in [-0.2, -0.15) is 13.2 Å². The van der Waals surface area contributed by atoms with Crippen LogP contribution in [0.2, 0.25) is 5.15 Å². The van der Waals surface area contributed by atoms with Crippen LogP contribution in [0, 0.1) is 17.8 Å². The van der Waals surface area contributed by atoms with E-state index in [0.29, 0.717) is 36.5 Å². The monoisotopic (exact) mass is 489 g/mol. The number of amides is 1. The first-order valence-electron chi connectivity index (χ1n) is 11.4. The Balaban J connectivity index is 1.49. The lowest BCUT2D eigenvalue weighted by Gasteiger charge is -2.41. The number of anilines is 1. The van der Waals surface area contributed by atoms with Gasteiger partial charge >= 0.3 is 6.18 Å². The van der Waals surface area contributed by atoms with Gasteiger partial charge in [-0.25, -0.2) is 4.98 Å². The number of aromatic nitrogens is 1. The molecule has 0 saturated carbocycles. The van der Waals surface area contributed by atoms with Crippen LogP contribution < -0.4 is 4.90 Å². The Morgan fingerprint density at radius 2 is 1.70 bits per heavy atom. The highest BCUT2D eigenvalue weighted by Gasteiger charge is 2.62. The molecule has 2 saturated heterocycles. The van der Waals surface area contributed by atoms with E-state index in [4.69, 9.17) is 11.6 Å². The average Bonchev–Trinajstić information content (AvgIpc) is 2.78. The predicted molar refractivity (Wildman–Crippen MR) is 119 cm³/mol. The molecular formula is C23H31ClF3N3O3. The van der Waals surface area contributed by atoms with Crippen molar-refractivity contribution in [3.8, 4) is 0 Å².